The Hall–Kier alpha value is -2.22. The molecule has 2 heteroatoms. The van der Waals surface area contributed by atoms with Crippen LogP contribution in [0.2, 0.25) is 0 Å². The number of hydrogen-bond donors (Lipinski definition) is 0. The Bertz CT molecular complexity index is 781. The van der Waals surface area contributed by atoms with Gasteiger partial charge in [0.1, 0.15) is 0 Å². The average Bonchev–Trinajstić information content (AvgIpc) is 2.68. The molecule has 0 saturated carbocycles. The Balaban J connectivity index is 2.44. The van der Waals surface area contributed by atoms with Gasteiger partial charge in [-0.2, -0.15) is 0 Å². The van der Waals surface area contributed by atoms with Crippen molar-refractivity contribution in [3.8, 4) is 0 Å². The summed E-state index contributed by atoms with van der Waals surface area (Å²) < 4.78 is 0. The van der Waals surface area contributed by atoms with Gasteiger partial charge in [-0.25, -0.2) is 0 Å². The molecule has 2 rings (SSSR count). The summed E-state index contributed by atoms with van der Waals surface area (Å²) in [5, 5.41) is 0. The molecule has 0 fully saturated rings. The molecule has 0 saturated heterocycles. The summed E-state index contributed by atoms with van der Waals surface area (Å²) in [5.41, 5.74) is 3.03. The molecule has 0 unspecified atom stereocenters. The van der Waals surface area contributed by atoms with Crippen molar-refractivity contribution in [3.05, 3.63) is 70.8 Å². The number of rotatable bonds is 6. The normalized spacial score (nSPS) is 12.7. The smallest absolute Gasteiger partial charge is 0.168 e. The summed E-state index contributed by atoms with van der Waals surface area (Å²) in [6, 6.07) is 16.2. The Morgan fingerprint density at radius 3 is 1.07 bits per heavy atom. The zero-order chi connectivity index (χ0) is 22.0. The van der Waals surface area contributed by atoms with Gasteiger partial charge in [-0.1, -0.05) is 104 Å². The second kappa shape index (κ2) is 8.26. The van der Waals surface area contributed by atoms with E-state index in [4.69, 9.17) is 0 Å². The van der Waals surface area contributed by atoms with E-state index in [1.54, 1.807) is 0 Å². The molecule has 0 heterocycles. The molecule has 0 amide bonds. The van der Waals surface area contributed by atoms with E-state index in [1.807, 2.05) is 65.8 Å². The highest BCUT2D eigenvalue weighted by Crippen LogP contribution is 2.39. The van der Waals surface area contributed by atoms with Crippen molar-refractivity contribution in [3.63, 3.8) is 0 Å². The van der Waals surface area contributed by atoms with Crippen molar-refractivity contribution in [2.45, 2.75) is 73.6 Å². The van der Waals surface area contributed by atoms with Gasteiger partial charge >= 0.3 is 0 Å². The van der Waals surface area contributed by atoms with Crippen LogP contribution in [0, 0.1) is 10.8 Å². The van der Waals surface area contributed by atoms with Crippen LogP contribution in [0.25, 0.3) is 0 Å². The quantitative estimate of drug-likeness (QED) is 0.485. The van der Waals surface area contributed by atoms with Crippen molar-refractivity contribution < 1.29 is 9.59 Å². The summed E-state index contributed by atoms with van der Waals surface area (Å²) in [5.74, 6) is 0.320. The average molecular weight is 393 g/mol. The number of carbonyl (C=O) groups is 2. The molecule has 29 heavy (non-hydrogen) atoms. The van der Waals surface area contributed by atoms with Crippen LogP contribution in [0.1, 0.15) is 100 Å². The molecule has 0 spiro atoms. The van der Waals surface area contributed by atoms with E-state index in [1.165, 1.54) is 11.1 Å². The Labute approximate surface area is 176 Å². The number of benzene rings is 2. The summed E-state index contributed by atoms with van der Waals surface area (Å²) in [6.07, 6.45) is 1.89. The molecule has 156 valence electrons. The summed E-state index contributed by atoms with van der Waals surface area (Å²) in [7, 11) is 0. The molecule has 2 aromatic rings. The maximum Gasteiger partial charge on any atom is 0.168 e. The van der Waals surface area contributed by atoms with Crippen LogP contribution >= 0.6 is 0 Å². The standard InChI is InChI=1S/C27H36O2/c1-9-27(10-2,21-15-11-19(12-16-21)23(28)25(3,4)5)22-17-13-20(14-18-22)24(29)26(6,7)8/h11-18H,9-10H2,1-8H3. The van der Waals surface area contributed by atoms with Gasteiger partial charge in [0.15, 0.2) is 11.6 Å². The number of ketones is 2. The van der Waals surface area contributed by atoms with E-state index in [0.717, 1.165) is 24.0 Å². The molecule has 0 N–H and O–H groups in total. The minimum Gasteiger partial charge on any atom is -0.294 e. The molecular formula is C27H36O2. The molecule has 0 aliphatic rings. The lowest BCUT2D eigenvalue weighted by Gasteiger charge is -2.33. The number of hydrogen-bond acceptors (Lipinski definition) is 2. The highest BCUT2D eigenvalue weighted by molar-refractivity contribution is 6.00. The predicted octanol–water partition coefficient (Wildman–Crippen LogP) is 7.25. The second-order valence-electron chi connectivity index (χ2n) is 10.1. The van der Waals surface area contributed by atoms with Gasteiger partial charge in [-0.05, 0) is 24.0 Å². The van der Waals surface area contributed by atoms with Crippen LogP contribution in [-0.2, 0) is 5.41 Å². The molecular weight excluding hydrogens is 356 g/mol. The Morgan fingerprint density at radius 2 is 0.862 bits per heavy atom. The molecule has 0 aromatic heterocycles. The molecule has 2 nitrogen and oxygen atoms in total. The largest absolute Gasteiger partial charge is 0.294 e. The van der Waals surface area contributed by atoms with E-state index in [9.17, 15) is 9.59 Å². The third-order valence-corrected chi connectivity index (χ3v) is 5.97. The zero-order valence-electron chi connectivity index (χ0n) is 19.3. The first-order valence-corrected chi connectivity index (χ1v) is 10.7. The van der Waals surface area contributed by atoms with Crippen LogP contribution in [0.3, 0.4) is 0 Å². The van der Waals surface area contributed by atoms with Crippen LogP contribution in [0.4, 0.5) is 0 Å². The first kappa shape index (κ1) is 23.1. The SMILES string of the molecule is CCC(CC)(c1ccc(C(=O)C(C)(C)C)cc1)c1ccc(C(=O)C(C)(C)C)cc1. The van der Waals surface area contributed by atoms with E-state index < -0.39 is 0 Å². The monoisotopic (exact) mass is 392 g/mol. The van der Waals surface area contributed by atoms with Gasteiger partial charge in [0.25, 0.3) is 0 Å². The zero-order valence-corrected chi connectivity index (χ0v) is 19.3. The first-order chi connectivity index (χ1) is 13.4. The minimum absolute atomic E-state index is 0.132. The van der Waals surface area contributed by atoms with Crippen molar-refractivity contribution in [1.29, 1.82) is 0 Å². The lowest BCUT2D eigenvalue weighted by Crippen LogP contribution is -2.27. The summed E-state index contributed by atoms with van der Waals surface area (Å²) in [4.78, 5) is 25.2. The molecule has 0 aliphatic heterocycles. The molecule has 2 aromatic carbocycles. The van der Waals surface area contributed by atoms with Crippen LogP contribution < -0.4 is 0 Å². The minimum atomic E-state index is -0.385. The molecule has 0 aliphatic carbocycles. The van der Waals surface area contributed by atoms with Crippen LogP contribution in [0.15, 0.2) is 48.5 Å². The van der Waals surface area contributed by atoms with Gasteiger partial charge < -0.3 is 0 Å². The highest BCUT2D eigenvalue weighted by Gasteiger charge is 2.32. The molecule has 0 atom stereocenters. The fourth-order valence-electron chi connectivity index (χ4n) is 3.98. The van der Waals surface area contributed by atoms with Gasteiger partial charge in [0.2, 0.25) is 0 Å². The van der Waals surface area contributed by atoms with Gasteiger partial charge in [-0.15, -0.1) is 0 Å². The van der Waals surface area contributed by atoms with Gasteiger partial charge in [0.05, 0.1) is 0 Å². The van der Waals surface area contributed by atoms with Gasteiger partial charge in [0, 0.05) is 27.4 Å². The summed E-state index contributed by atoms with van der Waals surface area (Å²) >= 11 is 0. The topological polar surface area (TPSA) is 34.1 Å². The van der Waals surface area contributed by atoms with E-state index in [2.05, 4.69) is 38.1 Å². The van der Waals surface area contributed by atoms with Crippen molar-refractivity contribution in [2.75, 3.05) is 0 Å². The van der Waals surface area contributed by atoms with Crippen molar-refractivity contribution in [1.82, 2.24) is 0 Å². The van der Waals surface area contributed by atoms with Crippen molar-refractivity contribution in [2.24, 2.45) is 10.8 Å². The predicted molar refractivity (Wildman–Crippen MR) is 122 cm³/mol. The third kappa shape index (κ3) is 4.69. The maximum absolute atomic E-state index is 12.6. The lowest BCUT2D eigenvalue weighted by molar-refractivity contribution is 0.0852. The first-order valence-electron chi connectivity index (χ1n) is 10.7. The fraction of sp³-hybridized carbons (Fsp3) is 0.481. The fourth-order valence-corrected chi connectivity index (χ4v) is 3.98. The third-order valence-electron chi connectivity index (χ3n) is 5.97. The second-order valence-corrected chi connectivity index (χ2v) is 10.1. The Kier molecular flexibility index (Phi) is 6.57. The Morgan fingerprint density at radius 1 is 0.586 bits per heavy atom. The maximum atomic E-state index is 12.6. The molecule has 0 radical (unpaired) electrons. The van der Waals surface area contributed by atoms with Gasteiger partial charge in [-0.3, -0.25) is 9.59 Å². The van der Waals surface area contributed by atoms with Crippen LogP contribution in [0.5, 0.6) is 0 Å². The molecule has 0 bridgehead atoms. The van der Waals surface area contributed by atoms with E-state index in [0.29, 0.717) is 0 Å². The lowest BCUT2D eigenvalue weighted by atomic mass is 9.70. The van der Waals surface area contributed by atoms with E-state index in [-0.39, 0.29) is 27.8 Å². The number of carbonyl (C=O) groups excluding carboxylic acids is 2. The number of Topliss-reactive ketones (excluding diaryl/α,β-unsaturated/α-hetero) is 2. The summed E-state index contributed by atoms with van der Waals surface area (Å²) in [6.45, 7) is 16.1. The van der Waals surface area contributed by atoms with Crippen molar-refractivity contribution >= 4 is 11.6 Å². The van der Waals surface area contributed by atoms with E-state index >= 15 is 0 Å². The van der Waals surface area contributed by atoms with Crippen LogP contribution in [-0.4, -0.2) is 11.6 Å². The highest BCUT2D eigenvalue weighted by atomic mass is 16.1.